The van der Waals surface area contributed by atoms with Crippen molar-refractivity contribution in [3.05, 3.63) is 16.0 Å². The standard InChI is InChI=1S/C9H12IN3O/c10-7-4-11-9(12-5-7)13-3-1-2-8(13)6-14/h4-5,8,14H,1-3,6H2. The summed E-state index contributed by atoms with van der Waals surface area (Å²) in [6.07, 6.45) is 5.75. The fourth-order valence-electron chi connectivity index (χ4n) is 1.74. The lowest BCUT2D eigenvalue weighted by Gasteiger charge is -2.22. The quantitative estimate of drug-likeness (QED) is 0.830. The third kappa shape index (κ3) is 1.98. The molecular weight excluding hydrogens is 293 g/mol. The molecule has 1 aromatic rings. The van der Waals surface area contributed by atoms with Crippen LogP contribution in [0, 0.1) is 3.57 Å². The fourth-order valence-corrected chi connectivity index (χ4v) is 2.02. The molecule has 0 bridgehead atoms. The first kappa shape index (κ1) is 10.1. The Morgan fingerprint density at radius 3 is 2.86 bits per heavy atom. The van der Waals surface area contributed by atoms with Gasteiger partial charge in [-0.25, -0.2) is 9.97 Å². The van der Waals surface area contributed by atoms with Crippen molar-refractivity contribution >= 4 is 28.5 Å². The summed E-state index contributed by atoms with van der Waals surface area (Å²) in [6.45, 7) is 1.14. The second-order valence-electron chi connectivity index (χ2n) is 3.37. The van der Waals surface area contributed by atoms with Gasteiger partial charge in [0, 0.05) is 22.5 Å². The van der Waals surface area contributed by atoms with Gasteiger partial charge in [-0.1, -0.05) is 0 Å². The van der Waals surface area contributed by atoms with Gasteiger partial charge in [-0.05, 0) is 35.4 Å². The van der Waals surface area contributed by atoms with Crippen LogP contribution in [0.1, 0.15) is 12.8 Å². The lowest BCUT2D eigenvalue weighted by Crippen LogP contribution is -2.33. The lowest BCUT2D eigenvalue weighted by molar-refractivity contribution is 0.265. The topological polar surface area (TPSA) is 49.2 Å². The fraction of sp³-hybridized carbons (Fsp3) is 0.556. The molecule has 0 spiro atoms. The number of anilines is 1. The molecule has 0 amide bonds. The maximum Gasteiger partial charge on any atom is 0.225 e. The van der Waals surface area contributed by atoms with Crippen molar-refractivity contribution in [3.8, 4) is 0 Å². The van der Waals surface area contributed by atoms with Crippen molar-refractivity contribution in [3.63, 3.8) is 0 Å². The van der Waals surface area contributed by atoms with E-state index < -0.39 is 0 Å². The molecular formula is C9H12IN3O. The number of rotatable bonds is 2. The van der Waals surface area contributed by atoms with E-state index in [-0.39, 0.29) is 12.6 Å². The maximum absolute atomic E-state index is 9.15. The Morgan fingerprint density at radius 1 is 1.50 bits per heavy atom. The Hall–Kier alpha value is -0.430. The predicted molar refractivity (Wildman–Crippen MR) is 62.2 cm³/mol. The largest absolute Gasteiger partial charge is 0.394 e. The molecule has 2 heterocycles. The predicted octanol–water partition coefficient (Wildman–Crippen LogP) is 1.04. The Labute approximate surface area is 96.5 Å². The Balaban J connectivity index is 2.17. The minimum atomic E-state index is 0.190. The SMILES string of the molecule is OCC1CCCN1c1ncc(I)cn1. The van der Waals surface area contributed by atoms with Gasteiger partial charge in [0.25, 0.3) is 0 Å². The molecule has 0 aliphatic carbocycles. The van der Waals surface area contributed by atoms with Gasteiger partial charge < -0.3 is 10.0 Å². The molecule has 4 nitrogen and oxygen atoms in total. The number of halogens is 1. The molecule has 1 aliphatic heterocycles. The summed E-state index contributed by atoms with van der Waals surface area (Å²) in [5.41, 5.74) is 0. The minimum absolute atomic E-state index is 0.190. The number of nitrogens with zero attached hydrogens (tertiary/aromatic N) is 3. The van der Waals surface area contributed by atoms with Crippen molar-refractivity contribution in [2.75, 3.05) is 18.1 Å². The van der Waals surface area contributed by atoms with E-state index in [2.05, 4.69) is 37.5 Å². The Bertz CT molecular complexity index is 303. The van der Waals surface area contributed by atoms with E-state index in [4.69, 9.17) is 5.11 Å². The molecule has 1 fully saturated rings. The van der Waals surface area contributed by atoms with Crippen LogP contribution in [0.25, 0.3) is 0 Å². The van der Waals surface area contributed by atoms with E-state index in [1.54, 1.807) is 12.4 Å². The average Bonchev–Trinajstić information content (AvgIpc) is 2.67. The Morgan fingerprint density at radius 2 is 2.21 bits per heavy atom. The molecule has 1 saturated heterocycles. The van der Waals surface area contributed by atoms with Crippen LogP contribution in [0.4, 0.5) is 5.95 Å². The van der Waals surface area contributed by atoms with Gasteiger partial charge in [0.1, 0.15) is 0 Å². The number of aliphatic hydroxyl groups excluding tert-OH is 1. The second kappa shape index (κ2) is 4.39. The molecule has 0 radical (unpaired) electrons. The molecule has 0 saturated carbocycles. The molecule has 1 aliphatic rings. The zero-order valence-corrected chi connectivity index (χ0v) is 9.88. The van der Waals surface area contributed by atoms with Crippen molar-refractivity contribution in [1.82, 2.24) is 9.97 Å². The summed E-state index contributed by atoms with van der Waals surface area (Å²) < 4.78 is 1.03. The number of hydrogen-bond donors (Lipinski definition) is 1. The summed E-state index contributed by atoms with van der Waals surface area (Å²) in [5, 5.41) is 9.15. The molecule has 1 N–H and O–H groups in total. The minimum Gasteiger partial charge on any atom is -0.394 e. The van der Waals surface area contributed by atoms with Gasteiger partial charge in [-0.15, -0.1) is 0 Å². The zero-order valence-electron chi connectivity index (χ0n) is 7.73. The molecule has 1 unspecified atom stereocenters. The normalized spacial score (nSPS) is 21.6. The van der Waals surface area contributed by atoms with E-state index >= 15 is 0 Å². The van der Waals surface area contributed by atoms with Gasteiger partial charge in [0.2, 0.25) is 5.95 Å². The first-order valence-corrected chi connectivity index (χ1v) is 5.74. The van der Waals surface area contributed by atoms with Crippen LogP contribution < -0.4 is 4.90 Å². The highest BCUT2D eigenvalue weighted by Gasteiger charge is 2.25. The Kier molecular flexibility index (Phi) is 3.17. The van der Waals surface area contributed by atoms with Crippen LogP contribution in [0.15, 0.2) is 12.4 Å². The summed E-state index contributed by atoms with van der Waals surface area (Å²) in [4.78, 5) is 10.6. The second-order valence-corrected chi connectivity index (χ2v) is 4.62. The van der Waals surface area contributed by atoms with Crippen LogP contribution in [0.3, 0.4) is 0 Å². The van der Waals surface area contributed by atoms with E-state index in [1.165, 1.54) is 0 Å². The first-order chi connectivity index (χ1) is 6.81. The van der Waals surface area contributed by atoms with Gasteiger partial charge in [-0.2, -0.15) is 0 Å². The van der Waals surface area contributed by atoms with Crippen molar-refractivity contribution in [1.29, 1.82) is 0 Å². The van der Waals surface area contributed by atoms with Gasteiger partial charge >= 0.3 is 0 Å². The number of hydrogen-bond acceptors (Lipinski definition) is 4. The van der Waals surface area contributed by atoms with Crippen molar-refractivity contribution in [2.45, 2.75) is 18.9 Å². The summed E-state index contributed by atoms with van der Waals surface area (Å²) >= 11 is 2.18. The number of aliphatic hydroxyl groups is 1. The molecule has 5 heteroatoms. The van der Waals surface area contributed by atoms with Crippen LogP contribution in [0.5, 0.6) is 0 Å². The zero-order chi connectivity index (χ0) is 9.97. The molecule has 1 aromatic heterocycles. The van der Waals surface area contributed by atoms with Crippen molar-refractivity contribution < 1.29 is 5.11 Å². The van der Waals surface area contributed by atoms with Gasteiger partial charge in [-0.3, -0.25) is 0 Å². The third-order valence-electron chi connectivity index (χ3n) is 2.45. The number of aromatic nitrogens is 2. The molecule has 2 rings (SSSR count). The smallest absolute Gasteiger partial charge is 0.225 e. The third-order valence-corrected chi connectivity index (χ3v) is 3.01. The van der Waals surface area contributed by atoms with E-state index in [0.29, 0.717) is 0 Å². The highest BCUT2D eigenvalue weighted by Crippen LogP contribution is 2.21. The maximum atomic E-state index is 9.15. The summed E-state index contributed by atoms with van der Waals surface area (Å²) in [6, 6.07) is 0.204. The van der Waals surface area contributed by atoms with E-state index in [1.807, 2.05) is 0 Å². The van der Waals surface area contributed by atoms with Crippen LogP contribution in [-0.4, -0.2) is 34.3 Å². The highest BCUT2D eigenvalue weighted by molar-refractivity contribution is 14.1. The van der Waals surface area contributed by atoms with E-state index in [9.17, 15) is 0 Å². The van der Waals surface area contributed by atoms with E-state index in [0.717, 1.165) is 28.9 Å². The van der Waals surface area contributed by atoms with Crippen LogP contribution >= 0.6 is 22.6 Å². The molecule has 1 atom stereocenters. The average molecular weight is 305 g/mol. The lowest BCUT2D eigenvalue weighted by atomic mass is 10.2. The molecule has 0 aromatic carbocycles. The van der Waals surface area contributed by atoms with Gasteiger partial charge in [0.05, 0.1) is 12.6 Å². The molecule has 76 valence electrons. The van der Waals surface area contributed by atoms with Gasteiger partial charge in [0.15, 0.2) is 0 Å². The first-order valence-electron chi connectivity index (χ1n) is 4.66. The molecule has 14 heavy (non-hydrogen) atoms. The van der Waals surface area contributed by atoms with Crippen LogP contribution in [-0.2, 0) is 0 Å². The van der Waals surface area contributed by atoms with Crippen molar-refractivity contribution in [2.24, 2.45) is 0 Å². The van der Waals surface area contributed by atoms with Crippen LogP contribution in [0.2, 0.25) is 0 Å². The summed E-state index contributed by atoms with van der Waals surface area (Å²) in [7, 11) is 0. The summed E-state index contributed by atoms with van der Waals surface area (Å²) in [5.74, 6) is 0.738. The highest BCUT2D eigenvalue weighted by atomic mass is 127. The monoisotopic (exact) mass is 305 g/mol.